The Bertz CT molecular complexity index is 827. The van der Waals surface area contributed by atoms with E-state index < -0.39 is 0 Å². The molecule has 0 radical (unpaired) electrons. The molecule has 7 heteroatoms. The highest BCUT2D eigenvalue weighted by molar-refractivity contribution is 6.33. The van der Waals surface area contributed by atoms with Crippen LogP contribution in [0.3, 0.4) is 0 Å². The molecule has 0 aliphatic carbocycles. The Morgan fingerprint density at radius 1 is 1.38 bits per heavy atom. The third kappa shape index (κ3) is 4.07. The van der Waals surface area contributed by atoms with E-state index in [1.54, 1.807) is 6.92 Å². The number of esters is 1. The van der Waals surface area contributed by atoms with Crippen molar-refractivity contribution < 1.29 is 9.53 Å². The van der Waals surface area contributed by atoms with Crippen LogP contribution in [0, 0.1) is 11.3 Å². The second-order valence-corrected chi connectivity index (χ2v) is 6.58. The number of rotatable bonds is 5. The zero-order valence-electron chi connectivity index (χ0n) is 14.6. The van der Waals surface area contributed by atoms with Gasteiger partial charge in [-0.3, -0.25) is 9.69 Å². The lowest BCUT2D eigenvalue weighted by Crippen LogP contribution is -2.54. The van der Waals surface area contributed by atoms with Gasteiger partial charge in [-0.15, -0.1) is 0 Å². The fraction of sp³-hybridized carbons (Fsp3) is 0.368. The Kier molecular flexibility index (Phi) is 5.94. The minimum absolute atomic E-state index is 0.223. The normalized spacial score (nSPS) is 17.7. The first-order valence-corrected chi connectivity index (χ1v) is 8.97. The lowest BCUT2D eigenvalue weighted by Gasteiger charge is -2.32. The summed E-state index contributed by atoms with van der Waals surface area (Å²) in [5, 5.41) is 13.3. The first-order valence-electron chi connectivity index (χ1n) is 8.59. The highest BCUT2D eigenvalue weighted by atomic mass is 35.5. The Morgan fingerprint density at radius 2 is 2.19 bits per heavy atom. The third-order valence-electron chi connectivity index (χ3n) is 4.36. The van der Waals surface area contributed by atoms with Crippen molar-refractivity contribution in [1.82, 2.24) is 14.8 Å². The van der Waals surface area contributed by atoms with Crippen LogP contribution in [0.15, 0.2) is 36.7 Å². The summed E-state index contributed by atoms with van der Waals surface area (Å²) in [6.07, 6.45) is 3.75. The summed E-state index contributed by atoms with van der Waals surface area (Å²) in [4.78, 5) is 14.1. The van der Waals surface area contributed by atoms with E-state index in [1.165, 1.54) is 0 Å². The molecule has 1 fully saturated rings. The van der Waals surface area contributed by atoms with E-state index in [-0.39, 0.29) is 12.0 Å². The Labute approximate surface area is 157 Å². The molecule has 1 saturated heterocycles. The highest BCUT2D eigenvalue weighted by Crippen LogP contribution is 2.30. The molecule has 6 nitrogen and oxygen atoms in total. The van der Waals surface area contributed by atoms with Gasteiger partial charge in [0.15, 0.2) is 0 Å². The van der Waals surface area contributed by atoms with E-state index in [0.29, 0.717) is 37.0 Å². The molecule has 0 spiro atoms. The molecule has 1 N–H and O–H groups in total. The molecular formula is C19H21ClN4O2. The molecule has 3 rings (SSSR count). The predicted octanol–water partition coefficient (Wildman–Crippen LogP) is 2.47. The summed E-state index contributed by atoms with van der Waals surface area (Å²) in [7, 11) is 0. The standard InChI is InChI=1S/C19H21ClN4O2/c1-2-26-19(25)18-12-23(8-7-22-18)13-24-10-14(9-21)16(11-24)15-5-3-4-6-17(15)20/h3-6,10-11,18,22H,2,7-8,12-13H2,1H3. The van der Waals surface area contributed by atoms with Crippen LogP contribution >= 0.6 is 11.6 Å². The van der Waals surface area contributed by atoms with Gasteiger partial charge in [-0.2, -0.15) is 5.26 Å². The number of carbonyl (C=O) groups is 1. The monoisotopic (exact) mass is 372 g/mol. The number of hydrogen-bond donors (Lipinski definition) is 1. The zero-order chi connectivity index (χ0) is 18.5. The lowest BCUT2D eigenvalue weighted by molar-refractivity contribution is -0.147. The van der Waals surface area contributed by atoms with Gasteiger partial charge >= 0.3 is 5.97 Å². The van der Waals surface area contributed by atoms with Gasteiger partial charge in [0.25, 0.3) is 0 Å². The molecule has 0 bridgehead atoms. The minimum atomic E-state index is -0.322. The average molecular weight is 373 g/mol. The fourth-order valence-corrected chi connectivity index (χ4v) is 3.38. The van der Waals surface area contributed by atoms with E-state index in [9.17, 15) is 10.1 Å². The number of halogens is 1. The molecule has 1 unspecified atom stereocenters. The molecule has 2 aromatic rings. The first kappa shape index (κ1) is 18.5. The molecule has 0 saturated carbocycles. The summed E-state index contributed by atoms with van der Waals surface area (Å²) in [6.45, 7) is 4.88. The fourth-order valence-electron chi connectivity index (χ4n) is 3.14. The summed E-state index contributed by atoms with van der Waals surface area (Å²) < 4.78 is 7.06. The highest BCUT2D eigenvalue weighted by Gasteiger charge is 2.26. The van der Waals surface area contributed by atoms with E-state index in [2.05, 4.69) is 16.3 Å². The van der Waals surface area contributed by atoms with Gasteiger partial charge in [0.1, 0.15) is 12.1 Å². The predicted molar refractivity (Wildman–Crippen MR) is 99.6 cm³/mol. The van der Waals surface area contributed by atoms with E-state index in [4.69, 9.17) is 16.3 Å². The molecule has 1 aromatic carbocycles. The van der Waals surface area contributed by atoms with Gasteiger partial charge < -0.3 is 14.6 Å². The molecule has 26 heavy (non-hydrogen) atoms. The van der Waals surface area contributed by atoms with Crippen molar-refractivity contribution >= 4 is 17.6 Å². The second-order valence-electron chi connectivity index (χ2n) is 6.17. The van der Waals surface area contributed by atoms with Crippen molar-refractivity contribution in [2.45, 2.75) is 19.6 Å². The van der Waals surface area contributed by atoms with Crippen LogP contribution < -0.4 is 5.32 Å². The van der Waals surface area contributed by atoms with Crippen molar-refractivity contribution in [2.24, 2.45) is 0 Å². The topological polar surface area (TPSA) is 70.3 Å². The van der Waals surface area contributed by atoms with Crippen LogP contribution in [-0.4, -0.2) is 47.7 Å². The molecule has 1 aliphatic rings. The smallest absolute Gasteiger partial charge is 0.324 e. The Hall–Kier alpha value is -2.33. The van der Waals surface area contributed by atoms with E-state index >= 15 is 0 Å². The molecule has 136 valence electrons. The number of nitrogens with one attached hydrogen (secondary N) is 1. The Morgan fingerprint density at radius 3 is 2.92 bits per heavy atom. The van der Waals surface area contributed by atoms with Crippen LogP contribution in [0.5, 0.6) is 0 Å². The summed E-state index contributed by atoms with van der Waals surface area (Å²) in [5.41, 5.74) is 2.24. The number of piperazine rings is 1. The zero-order valence-corrected chi connectivity index (χ0v) is 15.4. The molecular weight excluding hydrogens is 352 g/mol. The summed E-state index contributed by atoms with van der Waals surface area (Å²) in [5.74, 6) is -0.223. The number of ether oxygens (including phenoxy) is 1. The van der Waals surface area contributed by atoms with Gasteiger partial charge in [-0.25, -0.2) is 0 Å². The van der Waals surface area contributed by atoms with Crippen LogP contribution in [0.4, 0.5) is 0 Å². The van der Waals surface area contributed by atoms with Crippen molar-refractivity contribution in [2.75, 3.05) is 26.2 Å². The van der Waals surface area contributed by atoms with E-state index in [1.807, 2.05) is 41.2 Å². The van der Waals surface area contributed by atoms with Gasteiger partial charge in [-0.05, 0) is 13.0 Å². The van der Waals surface area contributed by atoms with Crippen molar-refractivity contribution in [3.8, 4) is 17.2 Å². The molecule has 1 atom stereocenters. The molecule has 1 aromatic heterocycles. The molecule has 2 heterocycles. The van der Waals surface area contributed by atoms with Gasteiger partial charge in [0, 0.05) is 48.2 Å². The maximum absolute atomic E-state index is 11.9. The minimum Gasteiger partial charge on any atom is -0.465 e. The van der Waals surface area contributed by atoms with Gasteiger partial charge in [0.2, 0.25) is 0 Å². The third-order valence-corrected chi connectivity index (χ3v) is 4.69. The number of hydrogen-bond acceptors (Lipinski definition) is 5. The SMILES string of the molecule is CCOC(=O)C1CN(Cn2cc(C#N)c(-c3ccccc3Cl)c2)CCN1. The lowest BCUT2D eigenvalue weighted by atomic mass is 10.1. The maximum Gasteiger partial charge on any atom is 0.324 e. The molecule has 1 aliphatic heterocycles. The second kappa shape index (κ2) is 8.37. The van der Waals surface area contributed by atoms with Crippen molar-refractivity contribution in [3.63, 3.8) is 0 Å². The first-order chi connectivity index (χ1) is 12.6. The van der Waals surface area contributed by atoms with Gasteiger partial charge in [0.05, 0.1) is 18.8 Å². The number of nitrogens with zero attached hydrogens (tertiary/aromatic N) is 3. The number of carbonyl (C=O) groups excluding carboxylic acids is 1. The maximum atomic E-state index is 11.9. The van der Waals surface area contributed by atoms with E-state index in [0.717, 1.165) is 17.7 Å². The summed E-state index contributed by atoms with van der Waals surface area (Å²) >= 11 is 6.28. The largest absolute Gasteiger partial charge is 0.465 e. The van der Waals surface area contributed by atoms with Crippen LogP contribution in [-0.2, 0) is 16.2 Å². The number of nitriles is 1. The van der Waals surface area contributed by atoms with Crippen LogP contribution in [0.1, 0.15) is 12.5 Å². The van der Waals surface area contributed by atoms with Crippen LogP contribution in [0.2, 0.25) is 5.02 Å². The van der Waals surface area contributed by atoms with Crippen molar-refractivity contribution in [3.05, 3.63) is 47.2 Å². The Balaban J connectivity index is 1.76. The summed E-state index contributed by atoms with van der Waals surface area (Å²) in [6, 6.07) is 9.41. The van der Waals surface area contributed by atoms with Crippen LogP contribution in [0.25, 0.3) is 11.1 Å². The number of benzene rings is 1. The van der Waals surface area contributed by atoms with Crippen molar-refractivity contribution in [1.29, 1.82) is 5.26 Å². The average Bonchev–Trinajstić information content (AvgIpc) is 3.05. The molecule has 0 amide bonds. The van der Waals surface area contributed by atoms with Gasteiger partial charge in [-0.1, -0.05) is 29.8 Å². The number of aromatic nitrogens is 1. The quantitative estimate of drug-likeness (QED) is 0.816.